The zero-order valence-electron chi connectivity index (χ0n) is 33.3. The summed E-state index contributed by atoms with van der Waals surface area (Å²) in [4.78, 5) is 41.9. The fourth-order valence-electron chi connectivity index (χ4n) is 3.92. The predicted molar refractivity (Wildman–Crippen MR) is 209 cm³/mol. The van der Waals surface area contributed by atoms with Crippen LogP contribution in [0, 0.1) is 22.7 Å². The SMILES string of the molecule is CC#N.CC#N.CC(C)N1N=C(c2ccccn2)[N-]N(c2ccccn2)C1=O.CC(C)N1N=C(c2ccccn2)[N-]N(c2ccccn2)C1=O.F[B-](F)(F)F.F[B-](F)(F)F.[Pd+2].[Pd+2]. The van der Waals surface area contributed by atoms with Crippen molar-refractivity contribution in [1.29, 1.82) is 10.5 Å². The van der Waals surface area contributed by atoms with E-state index in [1.807, 2.05) is 52.0 Å². The number of nitriles is 2. The summed E-state index contributed by atoms with van der Waals surface area (Å²) in [5, 5.41) is 28.5. The van der Waals surface area contributed by atoms with Gasteiger partial charge in [-0.15, -0.1) is 0 Å². The number of hydrogen-bond donors (Lipinski definition) is 0. The van der Waals surface area contributed by atoms with Crippen molar-refractivity contribution in [2.75, 3.05) is 10.0 Å². The zero-order valence-corrected chi connectivity index (χ0v) is 36.4. The third-order valence-corrected chi connectivity index (χ3v) is 6.05. The van der Waals surface area contributed by atoms with Crippen molar-refractivity contribution in [1.82, 2.24) is 30.0 Å². The fourth-order valence-corrected chi connectivity index (χ4v) is 3.92. The monoisotopic (exact) mass is 1060 g/mol. The number of amidine groups is 2. The molecule has 336 valence electrons. The number of urea groups is 2. The van der Waals surface area contributed by atoms with Crippen molar-refractivity contribution < 1.29 is 85.0 Å². The average molecular weight is 1060 g/mol. The first-order valence-electron chi connectivity index (χ1n) is 17.0. The number of pyridine rings is 4. The smallest absolute Gasteiger partial charge is 0.418 e. The Morgan fingerprint density at radius 2 is 0.790 bits per heavy atom. The minimum absolute atomic E-state index is 0. The normalized spacial score (nSPS) is 12.7. The van der Waals surface area contributed by atoms with Gasteiger partial charge in [0.2, 0.25) is 0 Å². The molecule has 0 spiro atoms. The van der Waals surface area contributed by atoms with Gasteiger partial charge in [-0.25, -0.2) is 19.6 Å². The largest absolute Gasteiger partial charge is 2.00 e. The Morgan fingerprint density at radius 1 is 0.532 bits per heavy atom. The first-order valence-corrected chi connectivity index (χ1v) is 17.0. The molecule has 0 radical (unpaired) electrons. The molecule has 0 bridgehead atoms. The van der Waals surface area contributed by atoms with Crippen molar-refractivity contribution >= 4 is 49.9 Å². The van der Waals surface area contributed by atoms with E-state index >= 15 is 0 Å². The van der Waals surface area contributed by atoms with E-state index in [4.69, 9.17) is 10.5 Å². The number of carbonyl (C=O) groups excluding carboxylic acids is 2. The van der Waals surface area contributed by atoms with Crippen LogP contribution < -0.4 is 10.0 Å². The summed E-state index contributed by atoms with van der Waals surface area (Å²) in [5.74, 6) is 1.64. The molecule has 2 aliphatic heterocycles. The minimum Gasteiger partial charge on any atom is -0.418 e. The maximum Gasteiger partial charge on any atom is 2.00 e. The van der Waals surface area contributed by atoms with E-state index in [0.29, 0.717) is 34.7 Å². The van der Waals surface area contributed by atoms with Gasteiger partial charge in [0, 0.05) is 50.7 Å². The molecule has 28 heteroatoms. The number of aromatic nitrogens is 4. The Morgan fingerprint density at radius 3 is 1.00 bits per heavy atom. The summed E-state index contributed by atoms with van der Waals surface area (Å²) < 4.78 is 78.0. The van der Waals surface area contributed by atoms with Crippen LogP contribution in [0.1, 0.15) is 52.9 Å². The third kappa shape index (κ3) is 22.5. The van der Waals surface area contributed by atoms with E-state index < -0.39 is 14.5 Å². The molecule has 0 aromatic carbocycles. The van der Waals surface area contributed by atoms with Gasteiger partial charge in [-0.1, -0.05) is 24.3 Å². The summed E-state index contributed by atoms with van der Waals surface area (Å²) >= 11 is 0. The molecule has 6 heterocycles. The second-order valence-corrected chi connectivity index (χ2v) is 11.4. The van der Waals surface area contributed by atoms with E-state index in [1.165, 1.54) is 33.9 Å². The van der Waals surface area contributed by atoms with Crippen LogP contribution >= 0.6 is 0 Å². The van der Waals surface area contributed by atoms with Crippen molar-refractivity contribution in [2.45, 2.75) is 53.6 Å². The zero-order chi connectivity index (χ0) is 45.5. The molecule has 4 amide bonds. The Bertz CT molecular complexity index is 1890. The number of nitrogens with zero attached hydrogens (tertiary/aromatic N) is 14. The molecule has 0 saturated heterocycles. The molecule has 6 rings (SSSR count). The third-order valence-electron chi connectivity index (χ3n) is 6.05. The number of rotatable bonds is 6. The molecule has 0 aliphatic carbocycles. The van der Waals surface area contributed by atoms with E-state index in [0.717, 1.165) is 0 Å². The maximum atomic E-state index is 12.5. The second-order valence-electron chi connectivity index (χ2n) is 11.4. The number of anilines is 2. The van der Waals surface area contributed by atoms with Gasteiger partial charge in [0.25, 0.3) is 0 Å². The number of hydrogen-bond acceptors (Lipinski definition) is 10. The molecule has 0 atom stereocenters. The molecule has 0 N–H and O–H groups in total. The van der Waals surface area contributed by atoms with E-state index in [9.17, 15) is 44.1 Å². The van der Waals surface area contributed by atoms with Crippen LogP contribution in [0.15, 0.2) is 108 Å². The van der Waals surface area contributed by atoms with E-state index in [-0.39, 0.29) is 65.0 Å². The molecule has 0 fully saturated rings. The number of halogens is 8. The Labute approximate surface area is 379 Å². The van der Waals surface area contributed by atoms with Gasteiger partial charge in [0.05, 0.1) is 23.5 Å². The van der Waals surface area contributed by atoms with Crippen LogP contribution in [0.3, 0.4) is 0 Å². The van der Waals surface area contributed by atoms with Crippen LogP contribution in [0.25, 0.3) is 10.9 Å². The van der Waals surface area contributed by atoms with Crippen LogP contribution in [0.5, 0.6) is 0 Å². The summed E-state index contributed by atoms with van der Waals surface area (Å²) in [6.45, 7) is 10.4. The first-order chi connectivity index (χ1) is 28.2. The average Bonchev–Trinajstić information content (AvgIpc) is 3.19. The van der Waals surface area contributed by atoms with Gasteiger partial charge in [-0.05, 0) is 87.9 Å². The van der Waals surface area contributed by atoms with Gasteiger partial charge in [0.15, 0.2) is 0 Å². The molecule has 4 aromatic heterocycles. The van der Waals surface area contributed by atoms with Crippen LogP contribution in [0.4, 0.5) is 55.8 Å². The fraction of sp³-hybridized carbons (Fsp3) is 0.235. The molecular formula is C34H36B2F8N14O2Pd2. The number of amides is 4. The van der Waals surface area contributed by atoms with Gasteiger partial charge < -0.3 is 65.6 Å². The quantitative estimate of drug-likeness (QED) is 0.134. The van der Waals surface area contributed by atoms with Crippen molar-refractivity contribution in [3.05, 3.63) is 120 Å². The first kappa shape index (κ1) is 58.0. The van der Waals surface area contributed by atoms with Crippen LogP contribution in [-0.4, -0.2) is 80.3 Å². The van der Waals surface area contributed by atoms with Crippen molar-refractivity contribution in [3.8, 4) is 12.1 Å². The van der Waals surface area contributed by atoms with Gasteiger partial charge >= 0.3 is 67.4 Å². The van der Waals surface area contributed by atoms with Gasteiger partial charge in [-0.3, -0.25) is 20.0 Å². The van der Waals surface area contributed by atoms with Crippen molar-refractivity contribution in [3.63, 3.8) is 0 Å². The van der Waals surface area contributed by atoms with Gasteiger partial charge in [0.1, 0.15) is 11.6 Å². The maximum absolute atomic E-state index is 12.5. The van der Waals surface area contributed by atoms with E-state index in [1.54, 1.807) is 85.5 Å². The standard InChI is InChI=1S/2C15H15N6O.2C2H3N.2BF4.2Pd/c2*1-11(2)20-15(22)21(13-8-4-6-10-17-13)19-14(18-20)12-7-3-5-9-16-12;2*1-2-3;2*2-1(3,4)5;;/h2*3-11H,1-2H3;2*1H3;;;;/q2*-1;;;2*-1;2*+2. The number of hydrazone groups is 2. The van der Waals surface area contributed by atoms with E-state index in [2.05, 4.69) is 41.0 Å². The topological polar surface area (TPSA) is 199 Å². The molecule has 0 unspecified atom stereocenters. The predicted octanol–water partition coefficient (Wildman–Crippen LogP) is 9.21. The van der Waals surface area contributed by atoms with Crippen LogP contribution in [-0.2, 0) is 40.8 Å². The molecule has 0 saturated carbocycles. The van der Waals surface area contributed by atoms with Gasteiger partial charge in [-0.2, -0.15) is 10.5 Å². The summed E-state index contributed by atoms with van der Waals surface area (Å²) in [6, 6.07) is 24.2. The Kier molecular flexibility index (Phi) is 27.4. The molecule has 4 aromatic rings. The Hall–Kier alpha value is -6.05. The summed E-state index contributed by atoms with van der Waals surface area (Å²) in [6.07, 6.45) is 6.55. The second kappa shape index (κ2) is 29.3. The van der Waals surface area contributed by atoms with Crippen molar-refractivity contribution in [2.24, 2.45) is 10.2 Å². The number of carbonyl (C=O) groups is 2. The summed E-state index contributed by atoms with van der Waals surface area (Å²) in [7, 11) is -12.0. The summed E-state index contributed by atoms with van der Waals surface area (Å²) in [5.41, 5.74) is 9.80. The van der Waals surface area contributed by atoms with Crippen LogP contribution in [0.2, 0.25) is 0 Å². The molecule has 2 aliphatic rings. The minimum atomic E-state index is -6.00. The molecule has 16 nitrogen and oxygen atoms in total. The Balaban J connectivity index is 0. The molecule has 62 heavy (non-hydrogen) atoms. The molecular weight excluding hydrogens is 1020 g/mol.